The molecule has 0 aromatic carbocycles. The maximum Gasteiger partial charge on any atom is 0.306 e. The first-order chi connectivity index (χ1) is 30.5. The van der Waals surface area contributed by atoms with Gasteiger partial charge in [0.1, 0.15) is 13.2 Å². The summed E-state index contributed by atoms with van der Waals surface area (Å²) in [4.78, 5) is 37.9. The smallest absolute Gasteiger partial charge is 0.306 e. The van der Waals surface area contributed by atoms with Gasteiger partial charge in [-0.2, -0.15) is 0 Å². The minimum atomic E-state index is -0.802. The highest BCUT2D eigenvalue weighted by molar-refractivity contribution is 5.71. The van der Waals surface area contributed by atoms with E-state index in [-0.39, 0.29) is 31.1 Å². The van der Waals surface area contributed by atoms with Crippen LogP contribution in [-0.2, 0) is 28.6 Å². The summed E-state index contributed by atoms with van der Waals surface area (Å²) in [6, 6.07) is 0. The van der Waals surface area contributed by atoms with Gasteiger partial charge in [0.15, 0.2) is 6.10 Å². The summed E-state index contributed by atoms with van der Waals surface area (Å²) in [5.74, 6) is -0.964. The maximum absolute atomic E-state index is 12.8. The number of hydrogen-bond acceptors (Lipinski definition) is 6. The van der Waals surface area contributed by atoms with Crippen molar-refractivity contribution in [2.24, 2.45) is 0 Å². The van der Waals surface area contributed by atoms with Gasteiger partial charge in [-0.1, -0.05) is 234 Å². The quantitative estimate of drug-likeness (QED) is 0.0200. The van der Waals surface area contributed by atoms with Gasteiger partial charge in [-0.25, -0.2) is 0 Å². The van der Waals surface area contributed by atoms with E-state index in [4.69, 9.17) is 14.2 Å². The highest BCUT2D eigenvalue weighted by Crippen LogP contribution is 2.14. The summed E-state index contributed by atoms with van der Waals surface area (Å²) >= 11 is 0. The lowest BCUT2D eigenvalue weighted by atomic mass is 10.1. The lowest BCUT2D eigenvalue weighted by Crippen LogP contribution is -2.30. The summed E-state index contributed by atoms with van der Waals surface area (Å²) in [5.41, 5.74) is 0. The summed E-state index contributed by atoms with van der Waals surface area (Å²) in [6.45, 7) is 6.42. The van der Waals surface area contributed by atoms with Gasteiger partial charge in [0, 0.05) is 19.3 Å². The molecule has 0 rings (SSSR count). The molecule has 0 aliphatic heterocycles. The maximum atomic E-state index is 12.8. The van der Waals surface area contributed by atoms with Gasteiger partial charge in [0.05, 0.1) is 0 Å². The van der Waals surface area contributed by atoms with E-state index in [0.29, 0.717) is 19.3 Å². The highest BCUT2D eigenvalue weighted by Gasteiger charge is 2.19. The molecule has 0 fully saturated rings. The molecular weight excluding hydrogens is 769 g/mol. The molecule has 1 unspecified atom stereocenters. The molecule has 6 heteroatoms. The van der Waals surface area contributed by atoms with Crippen molar-refractivity contribution in [3.8, 4) is 0 Å². The molecular formula is C56H92O6. The van der Waals surface area contributed by atoms with E-state index >= 15 is 0 Å². The molecule has 0 aromatic rings. The lowest BCUT2D eigenvalue weighted by molar-refractivity contribution is -0.167. The Morgan fingerprint density at radius 2 is 0.645 bits per heavy atom. The van der Waals surface area contributed by atoms with E-state index in [9.17, 15) is 14.4 Å². The van der Waals surface area contributed by atoms with E-state index in [2.05, 4.69) is 45.1 Å². The Kier molecular flexibility index (Phi) is 47.0. The third kappa shape index (κ3) is 47.4. The first-order valence-corrected chi connectivity index (χ1v) is 25.3. The second-order valence-corrected chi connectivity index (χ2v) is 16.5. The van der Waals surface area contributed by atoms with Crippen molar-refractivity contribution < 1.29 is 28.6 Å². The van der Waals surface area contributed by atoms with Crippen molar-refractivity contribution in [3.05, 3.63) is 97.2 Å². The van der Waals surface area contributed by atoms with Gasteiger partial charge in [0.2, 0.25) is 0 Å². The average Bonchev–Trinajstić information content (AvgIpc) is 3.27. The predicted molar refractivity (Wildman–Crippen MR) is 265 cm³/mol. The minimum absolute atomic E-state index is 0.0979. The fourth-order valence-electron chi connectivity index (χ4n) is 6.71. The normalized spacial score (nSPS) is 12.9. The minimum Gasteiger partial charge on any atom is -0.462 e. The molecule has 0 spiro atoms. The molecule has 0 heterocycles. The lowest BCUT2D eigenvalue weighted by Gasteiger charge is -2.18. The van der Waals surface area contributed by atoms with Gasteiger partial charge >= 0.3 is 17.9 Å². The van der Waals surface area contributed by atoms with Gasteiger partial charge in [-0.15, -0.1) is 0 Å². The molecule has 0 aliphatic carbocycles. The SMILES string of the molecule is CC\C=C/C=C\C=C/C=C\C=C\C=C/C=C\CCCCCC(=O)OCC(COC(=O)CCCCCCCCCCCCC)OC(=O)CCCCC/C=C\CCCCCCCCC. The van der Waals surface area contributed by atoms with Crippen LogP contribution in [-0.4, -0.2) is 37.2 Å². The molecule has 0 aliphatic rings. The summed E-state index contributed by atoms with van der Waals surface area (Å²) in [5, 5.41) is 0. The average molecular weight is 861 g/mol. The monoisotopic (exact) mass is 861 g/mol. The van der Waals surface area contributed by atoms with Crippen molar-refractivity contribution >= 4 is 17.9 Å². The van der Waals surface area contributed by atoms with E-state index in [1.807, 2.05) is 72.9 Å². The van der Waals surface area contributed by atoms with E-state index in [1.54, 1.807) is 0 Å². The van der Waals surface area contributed by atoms with Gasteiger partial charge in [-0.3, -0.25) is 14.4 Å². The van der Waals surface area contributed by atoms with Crippen LogP contribution >= 0.6 is 0 Å². The molecule has 62 heavy (non-hydrogen) atoms. The van der Waals surface area contributed by atoms with Crippen LogP contribution in [0, 0.1) is 0 Å². The Hall–Kier alpha value is -3.67. The molecule has 1 atom stereocenters. The fourth-order valence-corrected chi connectivity index (χ4v) is 6.71. The van der Waals surface area contributed by atoms with Gasteiger partial charge in [-0.05, 0) is 64.2 Å². The first-order valence-electron chi connectivity index (χ1n) is 25.3. The zero-order valence-corrected chi connectivity index (χ0v) is 40.1. The Balaban J connectivity index is 4.50. The van der Waals surface area contributed by atoms with Gasteiger partial charge < -0.3 is 14.2 Å². The molecule has 352 valence electrons. The molecule has 0 aromatic heterocycles. The second kappa shape index (κ2) is 50.0. The number of unbranched alkanes of at least 4 members (excludes halogenated alkanes) is 23. The third-order valence-electron chi connectivity index (χ3n) is 10.5. The Bertz CT molecular complexity index is 1260. The number of ether oxygens (including phenoxy) is 3. The van der Waals surface area contributed by atoms with Crippen LogP contribution in [0.25, 0.3) is 0 Å². The van der Waals surface area contributed by atoms with E-state index in [1.165, 1.54) is 96.3 Å². The second-order valence-electron chi connectivity index (χ2n) is 16.5. The van der Waals surface area contributed by atoms with E-state index < -0.39 is 6.10 Å². The Morgan fingerprint density at radius 1 is 0.339 bits per heavy atom. The summed E-state index contributed by atoms with van der Waals surface area (Å²) in [6.07, 6.45) is 65.3. The molecule has 6 nitrogen and oxygen atoms in total. The van der Waals surface area contributed by atoms with Crippen LogP contribution < -0.4 is 0 Å². The van der Waals surface area contributed by atoms with Crippen molar-refractivity contribution in [1.29, 1.82) is 0 Å². The molecule has 0 radical (unpaired) electrons. The van der Waals surface area contributed by atoms with Crippen LogP contribution in [0.2, 0.25) is 0 Å². The molecule has 0 saturated carbocycles. The van der Waals surface area contributed by atoms with Crippen LogP contribution in [0.5, 0.6) is 0 Å². The van der Waals surface area contributed by atoms with Crippen LogP contribution in [0.15, 0.2) is 97.2 Å². The first kappa shape index (κ1) is 58.3. The zero-order chi connectivity index (χ0) is 45.1. The number of esters is 3. The topological polar surface area (TPSA) is 78.9 Å². The molecule has 0 saturated heterocycles. The van der Waals surface area contributed by atoms with Crippen molar-refractivity contribution in [2.75, 3.05) is 13.2 Å². The summed E-state index contributed by atoms with van der Waals surface area (Å²) in [7, 11) is 0. The number of carbonyl (C=O) groups excluding carboxylic acids is 3. The largest absolute Gasteiger partial charge is 0.462 e. The Morgan fingerprint density at radius 3 is 1.05 bits per heavy atom. The van der Waals surface area contributed by atoms with E-state index in [0.717, 1.165) is 83.5 Å². The number of carbonyl (C=O) groups is 3. The molecule has 0 amide bonds. The van der Waals surface area contributed by atoms with Gasteiger partial charge in [0.25, 0.3) is 0 Å². The van der Waals surface area contributed by atoms with Crippen molar-refractivity contribution in [2.45, 2.75) is 226 Å². The fraction of sp³-hybridized carbons (Fsp3) is 0.661. The molecule has 0 bridgehead atoms. The van der Waals surface area contributed by atoms with Crippen molar-refractivity contribution in [1.82, 2.24) is 0 Å². The standard InChI is InChI=1S/C56H92O6/c1-4-7-10-13-16-19-22-24-26-27-28-29-30-32-34-37-40-43-46-49-55(58)61-52-53(51-60-54(57)48-45-42-39-36-33-21-18-15-12-9-6-3)62-56(59)50-47-44-41-38-35-31-25-23-20-17-14-11-8-5-2/h7,10,13,16,19,22,24,26-32,34-35,53H,4-6,8-9,11-12,14-15,17-18,20-21,23,25,33,36-52H2,1-3H3/b10-7-,16-13-,22-19-,26-24-,28-27+,30-29-,34-32-,35-31-. The summed E-state index contributed by atoms with van der Waals surface area (Å²) < 4.78 is 16.7. The number of allylic oxidation sites excluding steroid dienone is 16. The zero-order valence-electron chi connectivity index (χ0n) is 40.1. The van der Waals surface area contributed by atoms with Crippen molar-refractivity contribution in [3.63, 3.8) is 0 Å². The third-order valence-corrected chi connectivity index (χ3v) is 10.5. The number of rotatable bonds is 44. The molecule has 0 N–H and O–H groups in total. The van der Waals surface area contributed by atoms with Crippen LogP contribution in [0.4, 0.5) is 0 Å². The Labute approximate surface area is 381 Å². The predicted octanol–water partition coefficient (Wildman–Crippen LogP) is 16.6. The number of hydrogen-bond donors (Lipinski definition) is 0. The van der Waals surface area contributed by atoms with Crippen LogP contribution in [0.3, 0.4) is 0 Å². The highest BCUT2D eigenvalue weighted by atomic mass is 16.6. The van der Waals surface area contributed by atoms with Crippen LogP contribution in [0.1, 0.15) is 220 Å².